The van der Waals surface area contributed by atoms with E-state index < -0.39 is 35.4 Å². The Hall–Kier alpha value is -5.52. The molecule has 344 valence electrons. The number of imide groups is 1. The van der Waals surface area contributed by atoms with Gasteiger partial charge in [0, 0.05) is 54.7 Å². The zero-order chi connectivity index (χ0) is 45.7. The Morgan fingerprint density at radius 2 is 1.74 bits per heavy atom. The molecule has 2 aromatic carbocycles. The van der Waals surface area contributed by atoms with E-state index in [2.05, 4.69) is 25.4 Å². The van der Waals surface area contributed by atoms with Crippen molar-refractivity contribution in [2.45, 2.75) is 121 Å². The van der Waals surface area contributed by atoms with Crippen LogP contribution < -0.4 is 25.8 Å². The minimum absolute atomic E-state index is 0.00637. The number of carbonyl (C=O) groups excluding carboxylic acids is 4. The summed E-state index contributed by atoms with van der Waals surface area (Å²) in [6.07, 6.45) is 7.14. The van der Waals surface area contributed by atoms with Crippen molar-refractivity contribution in [1.29, 1.82) is 0 Å². The smallest absolute Gasteiger partial charge is 0.293 e. The minimum Gasteiger partial charge on any atom is -0.480 e. The molecular formula is C47H53ClF2N8O7. The molecule has 15 nitrogen and oxygen atoms in total. The summed E-state index contributed by atoms with van der Waals surface area (Å²) >= 11 is 6.59. The highest BCUT2D eigenvalue weighted by Gasteiger charge is 2.44. The Bertz CT molecular complexity index is 2610. The van der Waals surface area contributed by atoms with Crippen molar-refractivity contribution in [1.82, 2.24) is 29.7 Å². The normalized spacial score (nSPS) is 22.1. The van der Waals surface area contributed by atoms with Gasteiger partial charge in [0.15, 0.2) is 17.4 Å². The summed E-state index contributed by atoms with van der Waals surface area (Å²) in [4.78, 5) is 77.5. The Morgan fingerprint density at radius 3 is 2.45 bits per heavy atom. The first-order chi connectivity index (χ1) is 31.3. The SMILES string of the molecule is CCC(=O)COc1cc2cc(Nc3nc(N4CCC(OC5CC(N6CCC(c7cc(F)c8c(c7F)CN(C7CCC(=O)NC7=O)C8=O)CC6)C5)CC4)ncc3Cl)ccc2n(C(C)C)c1=O. The van der Waals surface area contributed by atoms with Crippen LogP contribution in [0.15, 0.2) is 41.3 Å². The number of piperidine rings is 3. The number of nitrogens with zero attached hydrogens (tertiary/aromatic N) is 6. The van der Waals surface area contributed by atoms with Gasteiger partial charge in [-0.05, 0) is 114 Å². The Labute approximate surface area is 379 Å². The number of Topliss-reactive ketones (excluding diaryl/α,β-unsaturated/α-hetero) is 1. The molecule has 1 atom stereocenters. The van der Waals surface area contributed by atoms with Crippen molar-refractivity contribution in [3.05, 3.63) is 80.2 Å². The Morgan fingerprint density at radius 1 is 0.985 bits per heavy atom. The number of rotatable bonds is 13. The summed E-state index contributed by atoms with van der Waals surface area (Å²) < 4.78 is 45.4. The molecule has 5 aliphatic rings. The van der Waals surface area contributed by atoms with Gasteiger partial charge in [0.1, 0.15) is 29.3 Å². The molecule has 4 fully saturated rings. The predicted molar refractivity (Wildman–Crippen MR) is 239 cm³/mol. The molecule has 1 unspecified atom stereocenters. The van der Waals surface area contributed by atoms with Crippen LogP contribution in [0.5, 0.6) is 5.75 Å². The lowest BCUT2D eigenvalue weighted by molar-refractivity contribution is -0.137. The standard InChI is InChI=1S/C47H53ClF2N8O7/c1-4-30(59)24-64-39-18-27-17-28(5-6-37(27)58(25(2)3)45(39)62)52-43-35(48)22-51-47(54-43)56-15-11-31(12-16-56)65-32-19-29(20-32)55-13-9-26(10-14-55)33-21-36(49)41-34(42(33)50)23-57(46(41)63)38-7-8-40(60)53-44(38)61/h5-6,17-18,21-22,25-26,29,31-32,38H,4,7-16,19-20,23-24H2,1-3H3,(H,51,52,54)(H,53,60,61). The number of ketones is 1. The minimum atomic E-state index is -0.940. The summed E-state index contributed by atoms with van der Waals surface area (Å²) in [5, 5.41) is 6.65. The lowest BCUT2D eigenvalue weighted by Gasteiger charge is -2.47. The molecule has 65 heavy (non-hydrogen) atoms. The van der Waals surface area contributed by atoms with Crippen LogP contribution in [0, 0.1) is 11.6 Å². The van der Waals surface area contributed by atoms with Crippen molar-refractivity contribution in [3.63, 3.8) is 0 Å². The van der Waals surface area contributed by atoms with Crippen molar-refractivity contribution in [2.24, 2.45) is 0 Å². The number of hydrogen-bond donors (Lipinski definition) is 2. The van der Waals surface area contributed by atoms with Crippen LogP contribution in [0.4, 0.5) is 26.2 Å². The summed E-state index contributed by atoms with van der Waals surface area (Å²) in [5.74, 6) is -2.28. The third kappa shape index (κ3) is 8.94. The van der Waals surface area contributed by atoms with Gasteiger partial charge < -0.3 is 34.1 Å². The van der Waals surface area contributed by atoms with Gasteiger partial charge in [0.2, 0.25) is 17.8 Å². The van der Waals surface area contributed by atoms with E-state index in [1.54, 1.807) is 23.8 Å². The largest absolute Gasteiger partial charge is 0.480 e. The number of carbonyl (C=O) groups is 4. The van der Waals surface area contributed by atoms with Crippen LogP contribution >= 0.6 is 11.6 Å². The number of ether oxygens (including phenoxy) is 2. The summed E-state index contributed by atoms with van der Waals surface area (Å²) in [6.45, 7) is 8.15. The van der Waals surface area contributed by atoms with E-state index in [0.29, 0.717) is 60.9 Å². The van der Waals surface area contributed by atoms with Crippen LogP contribution in [-0.2, 0) is 25.7 Å². The average molecular weight is 915 g/mol. The van der Waals surface area contributed by atoms with Gasteiger partial charge in [-0.1, -0.05) is 18.5 Å². The maximum atomic E-state index is 16.0. The lowest BCUT2D eigenvalue weighted by atomic mass is 9.82. The molecule has 0 spiro atoms. The molecule has 18 heteroatoms. The van der Waals surface area contributed by atoms with Crippen LogP contribution in [0.25, 0.3) is 10.9 Å². The van der Waals surface area contributed by atoms with E-state index in [0.717, 1.165) is 49.7 Å². The number of amides is 3. The molecule has 1 saturated carbocycles. The molecule has 2 N–H and O–H groups in total. The molecule has 6 heterocycles. The molecular weight excluding hydrogens is 862 g/mol. The fraction of sp³-hybridized carbons (Fsp3) is 0.511. The third-order valence-corrected chi connectivity index (χ3v) is 14.0. The monoisotopic (exact) mass is 914 g/mol. The molecule has 4 aromatic rings. The van der Waals surface area contributed by atoms with Crippen molar-refractivity contribution >= 4 is 63.5 Å². The lowest BCUT2D eigenvalue weighted by Crippen LogP contribution is -2.52. The Balaban J connectivity index is 0.753. The fourth-order valence-corrected chi connectivity index (χ4v) is 10.1. The first-order valence-electron chi connectivity index (χ1n) is 22.7. The van der Waals surface area contributed by atoms with Crippen LogP contribution in [0.1, 0.15) is 112 Å². The van der Waals surface area contributed by atoms with E-state index in [4.69, 9.17) is 26.1 Å². The number of fused-ring (bicyclic) bond motifs is 2. The van der Waals surface area contributed by atoms with Gasteiger partial charge >= 0.3 is 0 Å². The molecule has 3 saturated heterocycles. The topological polar surface area (TPSA) is 168 Å². The zero-order valence-corrected chi connectivity index (χ0v) is 37.5. The molecule has 9 rings (SSSR count). The second-order valence-electron chi connectivity index (χ2n) is 18.1. The van der Waals surface area contributed by atoms with Gasteiger partial charge in [0.25, 0.3) is 11.5 Å². The highest BCUT2D eigenvalue weighted by Crippen LogP contribution is 2.40. The van der Waals surface area contributed by atoms with Crippen molar-refractivity contribution in [2.75, 3.05) is 43.0 Å². The Kier molecular flexibility index (Phi) is 12.6. The molecule has 0 bridgehead atoms. The number of pyridine rings is 1. The first-order valence-corrected chi connectivity index (χ1v) is 23.1. The van der Waals surface area contributed by atoms with E-state index in [9.17, 15) is 24.0 Å². The number of anilines is 3. The van der Waals surface area contributed by atoms with E-state index in [1.165, 1.54) is 11.0 Å². The molecule has 2 aromatic heterocycles. The van der Waals surface area contributed by atoms with Gasteiger partial charge in [-0.2, -0.15) is 4.98 Å². The first kappa shape index (κ1) is 44.7. The van der Waals surface area contributed by atoms with E-state index in [1.807, 2.05) is 32.0 Å². The number of likely N-dealkylation sites (tertiary alicyclic amines) is 1. The van der Waals surface area contributed by atoms with Gasteiger partial charge in [-0.25, -0.2) is 13.8 Å². The number of hydrogen-bond acceptors (Lipinski definition) is 12. The number of halogens is 3. The van der Waals surface area contributed by atoms with E-state index >= 15 is 8.78 Å². The summed E-state index contributed by atoms with van der Waals surface area (Å²) in [5.41, 5.74) is 1.10. The van der Waals surface area contributed by atoms with Crippen LogP contribution in [0.3, 0.4) is 0 Å². The van der Waals surface area contributed by atoms with E-state index in [-0.39, 0.29) is 83.9 Å². The third-order valence-electron chi connectivity index (χ3n) is 13.7. The molecule has 0 radical (unpaired) electrons. The summed E-state index contributed by atoms with van der Waals surface area (Å²) in [6, 6.07) is 7.73. The second kappa shape index (κ2) is 18.4. The average Bonchev–Trinajstić information content (AvgIpc) is 3.63. The maximum Gasteiger partial charge on any atom is 0.293 e. The number of nitrogens with one attached hydrogen (secondary N) is 2. The second-order valence-corrected chi connectivity index (χ2v) is 18.5. The van der Waals surface area contributed by atoms with Gasteiger partial charge in [-0.3, -0.25) is 29.3 Å². The van der Waals surface area contributed by atoms with Crippen molar-refractivity contribution in [3.8, 4) is 5.75 Å². The number of aromatic nitrogens is 3. The highest BCUT2D eigenvalue weighted by molar-refractivity contribution is 6.33. The molecule has 1 aliphatic carbocycles. The molecule has 4 aliphatic heterocycles. The fourth-order valence-electron chi connectivity index (χ4n) is 9.99. The molecule has 3 amide bonds. The highest BCUT2D eigenvalue weighted by atomic mass is 35.5. The van der Waals surface area contributed by atoms with Gasteiger partial charge in [0.05, 0.1) is 36.0 Å². The predicted octanol–water partition coefficient (Wildman–Crippen LogP) is 6.56. The summed E-state index contributed by atoms with van der Waals surface area (Å²) in [7, 11) is 0. The maximum absolute atomic E-state index is 16.0. The van der Waals surface area contributed by atoms with Crippen LogP contribution in [-0.4, -0.2) is 105 Å². The van der Waals surface area contributed by atoms with Crippen LogP contribution in [0.2, 0.25) is 5.02 Å². The number of benzene rings is 2. The van der Waals surface area contributed by atoms with Crippen molar-refractivity contribution < 1.29 is 37.4 Å². The zero-order valence-electron chi connectivity index (χ0n) is 36.7. The quantitative estimate of drug-likeness (QED) is 0.139. The van der Waals surface area contributed by atoms with Gasteiger partial charge in [-0.15, -0.1) is 0 Å².